The highest BCUT2D eigenvalue weighted by Crippen LogP contribution is 2.31. The summed E-state index contributed by atoms with van der Waals surface area (Å²) in [7, 11) is 0. The molecule has 0 amide bonds. The first-order valence-electron chi connectivity index (χ1n) is 7.39. The summed E-state index contributed by atoms with van der Waals surface area (Å²) in [6.45, 7) is 3.36. The van der Waals surface area contributed by atoms with E-state index in [2.05, 4.69) is 24.8 Å². The van der Waals surface area contributed by atoms with Crippen molar-refractivity contribution in [1.82, 2.24) is 19.9 Å². The van der Waals surface area contributed by atoms with Crippen LogP contribution in [0.15, 0.2) is 30.7 Å². The van der Waals surface area contributed by atoms with Crippen LogP contribution in [0.1, 0.15) is 11.3 Å². The maximum absolute atomic E-state index is 12.6. The lowest BCUT2D eigenvalue weighted by Gasteiger charge is -2.34. The van der Waals surface area contributed by atoms with Gasteiger partial charge in [-0.25, -0.2) is 9.97 Å². The predicted molar refractivity (Wildman–Crippen MR) is 83.8 cm³/mol. The van der Waals surface area contributed by atoms with Crippen molar-refractivity contribution >= 4 is 17.5 Å². The molecule has 1 aliphatic heterocycles. The highest BCUT2D eigenvalue weighted by atomic mass is 35.5. The van der Waals surface area contributed by atoms with Gasteiger partial charge in [-0.15, -0.1) is 0 Å². The molecular formula is C15H15ClF3N5. The third-order valence-electron chi connectivity index (χ3n) is 3.83. The summed E-state index contributed by atoms with van der Waals surface area (Å²) in [5.41, 5.74) is -0.378. The summed E-state index contributed by atoms with van der Waals surface area (Å²) in [5.74, 6) is 0.683. The van der Waals surface area contributed by atoms with Gasteiger partial charge >= 0.3 is 6.18 Å². The van der Waals surface area contributed by atoms with Crippen LogP contribution in [0.5, 0.6) is 0 Å². The van der Waals surface area contributed by atoms with Crippen molar-refractivity contribution in [3.8, 4) is 0 Å². The Labute approximate surface area is 142 Å². The second-order valence-electron chi connectivity index (χ2n) is 5.46. The largest absolute Gasteiger partial charge is 0.417 e. The van der Waals surface area contributed by atoms with Crippen LogP contribution in [0.3, 0.4) is 0 Å². The summed E-state index contributed by atoms with van der Waals surface area (Å²) in [4.78, 5) is 16.5. The molecule has 0 radical (unpaired) electrons. The van der Waals surface area contributed by atoms with E-state index in [9.17, 15) is 13.2 Å². The van der Waals surface area contributed by atoms with Crippen LogP contribution in [-0.4, -0.2) is 46.0 Å². The topological polar surface area (TPSA) is 45.2 Å². The van der Waals surface area contributed by atoms with Crippen LogP contribution in [0, 0.1) is 0 Å². The monoisotopic (exact) mass is 357 g/mol. The van der Waals surface area contributed by atoms with E-state index < -0.39 is 11.7 Å². The van der Waals surface area contributed by atoms with Gasteiger partial charge in [0.25, 0.3) is 0 Å². The Bertz CT molecular complexity index is 687. The van der Waals surface area contributed by atoms with Crippen molar-refractivity contribution in [2.24, 2.45) is 0 Å². The van der Waals surface area contributed by atoms with E-state index in [1.54, 1.807) is 18.5 Å². The zero-order valence-corrected chi connectivity index (χ0v) is 13.4. The molecule has 2 aromatic rings. The summed E-state index contributed by atoms with van der Waals surface area (Å²) in [6, 6.07) is 2.69. The van der Waals surface area contributed by atoms with Crippen molar-refractivity contribution in [1.29, 1.82) is 0 Å². The van der Waals surface area contributed by atoms with Gasteiger partial charge in [0.2, 0.25) is 5.95 Å². The Morgan fingerprint density at radius 3 is 2.29 bits per heavy atom. The van der Waals surface area contributed by atoms with E-state index in [4.69, 9.17) is 11.6 Å². The number of halogens is 4. The normalized spacial score (nSPS) is 16.4. The van der Waals surface area contributed by atoms with E-state index in [1.165, 1.54) is 0 Å². The zero-order valence-electron chi connectivity index (χ0n) is 12.7. The molecule has 1 saturated heterocycles. The minimum Gasteiger partial charge on any atom is -0.338 e. The first kappa shape index (κ1) is 16.9. The van der Waals surface area contributed by atoms with E-state index in [-0.39, 0.29) is 5.02 Å². The van der Waals surface area contributed by atoms with E-state index >= 15 is 0 Å². The highest BCUT2D eigenvalue weighted by Gasteiger charge is 2.31. The summed E-state index contributed by atoms with van der Waals surface area (Å²) in [6.07, 6.45) is -0.215. The standard InChI is InChI=1S/C15H15ClF3N5/c16-12-8-11(15(17,18)19)9-22-13(12)10-23-4-6-24(7-5-23)14-20-2-1-3-21-14/h1-3,8-9H,4-7,10H2. The van der Waals surface area contributed by atoms with E-state index in [1.807, 2.05) is 0 Å². The van der Waals surface area contributed by atoms with Gasteiger partial charge in [-0.3, -0.25) is 9.88 Å². The number of hydrogen-bond acceptors (Lipinski definition) is 5. The second kappa shape index (κ2) is 6.90. The Morgan fingerprint density at radius 2 is 1.71 bits per heavy atom. The first-order chi connectivity index (χ1) is 11.4. The van der Waals surface area contributed by atoms with Gasteiger partial charge in [0.1, 0.15) is 0 Å². The van der Waals surface area contributed by atoms with Crippen LogP contribution in [0.2, 0.25) is 5.02 Å². The fourth-order valence-corrected chi connectivity index (χ4v) is 2.74. The first-order valence-corrected chi connectivity index (χ1v) is 7.77. The molecule has 0 spiro atoms. The van der Waals surface area contributed by atoms with E-state index in [0.717, 1.165) is 38.4 Å². The zero-order chi connectivity index (χ0) is 17.2. The molecule has 3 rings (SSSR count). The lowest BCUT2D eigenvalue weighted by atomic mass is 10.2. The number of anilines is 1. The summed E-state index contributed by atoms with van der Waals surface area (Å²) < 4.78 is 37.9. The lowest BCUT2D eigenvalue weighted by molar-refractivity contribution is -0.137. The van der Waals surface area contributed by atoms with Crippen LogP contribution in [0.4, 0.5) is 19.1 Å². The molecule has 24 heavy (non-hydrogen) atoms. The molecule has 0 N–H and O–H groups in total. The Kier molecular flexibility index (Phi) is 4.86. The van der Waals surface area contributed by atoms with Crippen LogP contribution in [0.25, 0.3) is 0 Å². The molecule has 3 heterocycles. The van der Waals surface area contributed by atoms with Crippen molar-refractivity contribution in [2.75, 3.05) is 31.1 Å². The number of alkyl halides is 3. The maximum Gasteiger partial charge on any atom is 0.417 e. The van der Waals surface area contributed by atoms with Gasteiger partial charge in [-0.05, 0) is 12.1 Å². The number of nitrogens with zero attached hydrogens (tertiary/aromatic N) is 5. The number of hydrogen-bond donors (Lipinski definition) is 0. The molecule has 0 aromatic carbocycles. The molecule has 0 bridgehead atoms. The maximum atomic E-state index is 12.6. The van der Waals surface area contributed by atoms with Crippen molar-refractivity contribution < 1.29 is 13.2 Å². The third kappa shape index (κ3) is 3.93. The van der Waals surface area contributed by atoms with E-state index in [0.29, 0.717) is 18.2 Å². The van der Waals surface area contributed by atoms with Crippen molar-refractivity contribution in [3.63, 3.8) is 0 Å². The fraction of sp³-hybridized carbons (Fsp3) is 0.400. The van der Waals surface area contributed by atoms with Gasteiger partial charge in [0, 0.05) is 51.3 Å². The Morgan fingerprint density at radius 1 is 1.04 bits per heavy atom. The smallest absolute Gasteiger partial charge is 0.338 e. The summed E-state index contributed by atoms with van der Waals surface area (Å²) in [5, 5.41) is 0.0404. The molecule has 1 aliphatic rings. The highest BCUT2D eigenvalue weighted by molar-refractivity contribution is 6.31. The Hall–Kier alpha value is -1.93. The molecular weight excluding hydrogens is 343 g/mol. The minimum absolute atomic E-state index is 0.0404. The molecule has 2 aromatic heterocycles. The molecule has 0 atom stereocenters. The average Bonchev–Trinajstić information content (AvgIpc) is 2.57. The van der Waals surface area contributed by atoms with Crippen molar-refractivity contribution in [3.05, 3.63) is 47.0 Å². The molecule has 0 saturated carbocycles. The van der Waals surface area contributed by atoms with Gasteiger partial charge in [0.05, 0.1) is 16.3 Å². The van der Waals surface area contributed by atoms with Crippen LogP contribution < -0.4 is 4.90 Å². The average molecular weight is 358 g/mol. The third-order valence-corrected chi connectivity index (χ3v) is 4.15. The quantitative estimate of drug-likeness (QED) is 0.845. The molecule has 0 unspecified atom stereocenters. The second-order valence-corrected chi connectivity index (χ2v) is 5.87. The number of aromatic nitrogens is 3. The van der Waals surface area contributed by atoms with Gasteiger partial charge < -0.3 is 4.90 Å². The SMILES string of the molecule is FC(F)(F)c1cnc(CN2CCN(c3ncccn3)CC2)c(Cl)c1. The number of rotatable bonds is 3. The molecule has 1 fully saturated rings. The lowest BCUT2D eigenvalue weighted by Crippen LogP contribution is -2.46. The molecule has 9 heteroatoms. The molecule has 128 valence electrons. The minimum atomic E-state index is -4.43. The predicted octanol–water partition coefficient (Wildman–Crippen LogP) is 2.87. The molecule has 0 aliphatic carbocycles. The fourth-order valence-electron chi connectivity index (χ4n) is 2.51. The Balaban J connectivity index is 1.60. The van der Waals surface area contributed by atoms with Crippen LogP contribution >= 0.6 is 11.6 Å². The van der Waals surface area contributed by atoms with Crippen molar-refractivity contribution in [2.45, 2.75) is 12.7 Å². The van der Waals surface area contributed by atoms with Gasteiger partial charge in [-0.1, -0.05) is 11.6 Å². The van der Waals surface area contributed by atoms with Gasteiger partial charge in [0.15, 0.2) is 0 Å². The number of piperazine rings is 1. The molecule has 5 nitrogen and oxygen atoms in total. The summed E-state index contributed by atoms with van der Waals surface area (Å²) >= 11 is 5.96. The number of pyridine rings is 1. The van der Waals surface area contributed by atoms with Gasteiger partial charge in [-0.2, -0.15) is 13.2 Å². The van der Waals surface area contributed by atoms with Crippen LogP contribution in [-0.2, 0) is 12.7 Å².